The van der Waals surface area contributed by atoms with Gasteiger partial charge >= 0.3 is 0 Å². The molecule has 0 heteroatoms. The summed E-state index contributed by atoms with van der Waals surface area (Å²) in [5, 5.41) is 0. The van der Waals surface area contributed by atoms with Crippen molar-refractivity contribution in [2.75, 3.05) is 0 Å². The molecule has 0 radical (unpaired) electrons. The summed E-state index contributed by atoms with van der Waals surface area (Å²) in [7, 11) is 0. The lowest BCUT2D eigenvalue weighted by Gasteiger charge is -2.26. The van der Waals surface area contributed by atoms with Gasteiger partial charge in [-0.1, -0.05) is 148 Å². The van der Waals surface area contributed by atoms with Gasteiger partial charge in [-0.15, -0.1) is 0 Å². The lowest BCUT2D eigenvalue weighted by Crippen LogP contribution is -2.12. The first-order chi connectivity index (χ1) is 13.9. The summed E-state index contributed by atoms with van der Waals surface area (Å²) < 4.78 is 0. The normalized spacial score (nSPS) is 25.9. The van der Waals surface area contributed by atoms with E-state index in [1.54, 1.807) is 0 Å². The van der Waals surface area contributed by atoms with Crippen molar-refractivity contribution in [3.05, 3.63) is 35.4 Å². The summed E-state index contributed by atoms with van der Waals surface area (Å²) in [4.78, 5) is 0. The van der Waals surface area contributed by atoms with E-state index >= 15 is 0 Å². The van der Waals surface area contributed by atoms with E-state index in [0.717, 1.165) is 23.7 Å². The van der Waals surface area contributed by atoms with Gasteiger partial charge in [0, 0.05) is 0 Å². The second kappa shape index (κ2) is 18.0. The van der Waals surface area contributed by atoms with Gasteiger partial charge in [0.25, 0.3) is 0 Å². The van der Waals surface area contributed by atoms with E-state index in [4.69, 9.17) is 0 Å². The Bertz CT molecular complexity index is 398. The third kappa shape index (κ3) is 15.7. The zero-order valence-corrected chi connectivity index (χ0v) is 21.4. The van der Waals surface area contributed by atoms with Crippen LogP contribution in [0.4, 0.5) is 0 Å². The van der Waals surface area contributed by atoms with Gasteiger partial charge in [-0.05, 0) is 37.5 Å². The highest BCUT2D eigenvalue weighted by atomic mass is 14.2. The highest BCUT2D eigenvalue weighted by Gasteiger charge is 2.17. The van der Waals surface area contributed by atoms with E-state index in [1.807, 2.05) is 0 Å². The molecule has 0 bridgehead atoms. The maximum Gasteiger partial charge on any atom is -0.0398 e. The lowest BCUT2D eigenvalue weighted by atomic mass is 9.80. The van der Waals surface area contributed by atoms with Crippen molar-refractivity contribution in [2.45, 2.75) is 126 Å². The van der Waals surface area contributed by atoms with Gasteiger partial charge in [0.05, 0.1) is 0 Å². The molecule has 2 aliphatic rings. The maximum atomic E-state index is 2.37. The van der Waals surface area contributed by atoms with Crippen molar-refractivity contribution in [1.29, 1.82) is 0 Å². The number of benzene rings is 1. The summed E-state index contributed by atoms with van der Waals surface area (Å²) in [6, 6.07) is 8.48. The van der Waals surface area contributed by atoms with Crippen LogP contribution >= 0.6 is 0 Å². The molecule has 2 aliphatic carbocycles. The lowest BCUT2D eigenvalue weighted by molar-refractivity contribution is 0.264. The van der Waals surface area contributed by atoms with Crippen LogP contribution in [0.25, 0.3) is 0 Å². The number of aryl methyl sites for hydroxylation is 2. The Morgan fingerprint density at radius 2 is 0.793 bits per heavy atom. The first kappa shape index (κ1) is 28.2. The molecule has 0 aliphatic heterocycles. The van der Waals surface area contributed by atoms with E-state index < -0.39 is 0 Å². The van der Waals surface area contributed by atoms with Crippen LogP contribution in [0.1, 0.15) is 123 Å². The molecule has 1 aromatic rings. The minimum atomic E-state index is 1.02. The summed E-state index contributed by atoms with van der Waals surface area (Å²) in [5.41, 5.74) is 2.66. The van der Waals surface area contributed by atoms with Crippen LogP contribution in [0.5, 0.6) is 0 Å². The molecule has 29 heavy (non-hydrogen) atoms. The fourth-order valence-corrected chi connectivity index (χ4v) is 4.11. The van der Waals surface area contributed by atoms with E-state index in [1.165, 1.54) is 81.8 Å². The molecule has 0 atom stereocenters. The first-order valence-electron chi connectivity index (χ1n) is 12.9. The van der Waals surface area contributed by atoms with Crippen molar-refractivity contribution in [1.82, 2.24) is 0 Å². The summed E-state index contributed by atoms with van der Waals surface area (Å²) in [5.74, 6) is 4.18. The SMILES string of the molecule is CC1CCC(C)CC1.CCC.CCC1CCC(CC)CC1.Cc1ccc(C)cc1. The van der Waals surface area contributed by atoms with Gasteiger partial charge in [-0.25, -0.2) is 0 Å². The number of hydrogen-bond acceptors (Lipinski definition) is 0. The highest BCUT2D eigenvalue weighted by molar-refractivity contribution is 5.19. The fourth-order valence-electron chi connectivity index (χ4n) is 4.11. The average Bonchev–Trinajstić information content (AvgIpc) is 2.74. The molecule has 2 saturated carbocycles. The van der Waals surface area contributed by atoms with Crippen LogP contribution in [-0.4, -0.2) is 0 Å². The predicted molar refractivity (Wildman–Crippen MR) is 135 cm³/mol. The van der Waals surface area contributed by atoms with Gasteiger partial charge in [0.15, 0.2) is 0 Å². The second-order valence-corrected chi connectivity index (χ2v) is 9.93. The van der Waals surface area contributed by atoms with Gasteiger partial charge in [-0.2, -0.15) is 0 Å². The zero-order valence-electron chi connectivity index (χ0n) is 21.4. The van der Waals surface area contributed by atoms with E-state index in [0.29, 0.717) is 0 Å². The van der Waals surface area contributed by atoms with Crippen molar-refractivity contribution >= 4 is 0 Å². The van der Waals surface area contributed by atoms with E-state index in [2.05, 4.69) is 79.7 Å². The molecule has 0 heterocycles. The largest absolute Gasteiger partial charge is 0.0656 e. The molecule has 0 spiro atoms. The molecule has 170 valence electrons. The van der Waals surface area contributed by atoms with Crippen LogP contribution in [0.2, 0.25) is 0 Å². The Morgan fingerprint density at radius 3 is 1.00 bits per heavy atom. The first-order valence-corrected chi connectivity index (χ1v) is 12.9. The second-order valence-electron chi connectivity index (χ2n) is 9.93. The van der Waals surface area contributed by atoms with Gasteiger partial charge in [-0.3, -0.25) is 0 Å². The third-order valence-electron chi connectivity index (χ3n) is 6.64. The fraction of sp³-hybridized carbons (Fsp3) is 0.793. The minimum Gasteiger partial charge on any atom is -0.0656 e. The Kier molecular flexibility index (Phi) is 17.5. The van der Waals surface area contributed by atoms with Gasteiger partial charge in [0.2, 0.25) is 0 Å². The summed E-state index contributed by atoms with van der Waals surface area (Å²) in [6.07, 6.45) is 16.0. The zero-order chi connectivity index (χ0) is 22.1. The van der Waals surface area contributed by atoms with Crippen LogP contribution in [0, 0.1) is 37.5 Å². The molecule has 0 aromatic heterocycles. The van der Waals surface area contributed by atoms with Crippen molar-refractivity contribution in [3.63, 3.8) is 0 Å². The highest BCUT2D eigenvalue weighted by Crippen LogP contribution is 2.31. The Morgan fingerprint density at radius 1 is 0.552 bits per heavy atom. The maximum absolute atomic E-state index is 2.37. The monoisotopic (exact) mass is 402 g/mol. The Hall–Kier alpha value is -0.780. The van der Waals surface area contributed by atoms with Crippen LogP contribution < -0.4 is 0 Å². The van der Waals surface area contributed by atoms with Crippen molar-refractivity contribution < 1.29 is 0 Å². The van der Waals surface area contributed by atoms with E-state index in [-0.39, 0.29) is 0 Å². The van der Waals surface area contributed by atoms with Crippen LogP contribution in [0.15, 0.2) is 24.3 Å². The quantitative estimate of drug-likeness (QED) is 0.461. The standard InChI is InChI=1S/C10H20.C8H16.C8H10.C3H8/c1-3-9-5-7-10(4-2)8-6-9;2*1-7-3-5-8(2)6-4-7;1-3-2/h9-10H,3-8H2,1-2H3;7-8H,3-6H2,1-2H3;3-6H,1-2H3;3H2,1-2H3. The number of rotatable bonds is 2. The van der Waals surface area contributed by atoms with Gasteiger partial charge in [0.1, 0.15) is 0 Å². The molecule has 0 saturated heterocycles. The summed E-state index contributed by atoms with van der Waals surface area (Å²) in [6.45, 7) is 17.8. The Balaban J connectivity index is 0.000000382. The predicted octanol–water partition coefficient (Wildman–Crippen LogP) is 10.2. The van der Waals surface area contributed by atoms with Crippen LogP contribution in [0.3, 0.4) is 0 Å². The Labute approximate surface area is 185 Å². The van der Waals surface area contributed by atoms with E-state index in [9.17, 15) is 0 Å². The average molecular weight is 403 g/mol. The molecule has 3 rings (SSSR count). The van der Waals surface area contributed by atoms with Crippen molar-refractivity contribution in [2.24, 2.45) is 23.7 Å². The molecular weight excluding hydrogens is 348 g/mol. The molecule has 1 aromatic carbocycles. The molecule has 0 nitrogen and oxygen atoms in total. The van der Waals surface area contributed by atoms with Gasteiger partial charge < -0.3 is 0 Å². The van der Waals surface area contributed by atoms with Crippen LogP contribution in [-0.2, 0) is 0 Å². The summed E-state index contributed by atoms with van der Waals surface area (Å²) >= 11 is 0. The third-order valence-corrected chi connectivity index (χ3v) is 6.64. The molecule has 0 unspecified atom stereocenters. The molecular formula is C29H54. The molecule has 2 fully saturated rings. The molecule has 0 amide bonds. The smallest absolute Gasteiger partial charge is 0.0398 e. The molecule has 0 N–H and O–H groups in total. The van der Waals surface area contributed by atoms with Crippen molar-refractivity contribution in [3.8, 4) is 0 Å². The topological polar surface area (TPSA) is 0 Å². The number of hydrogen-bond donors (Lipinski definition) is 0. The minimum absolute atomic E-state index is 1.02.